The number of nitrogens with zero attached hydrogens (tertiary/aromatic N) is 2. The van der Waals surface area contributed by atoms with Crippen LogP contribution in [0.1, 0.15) is 12.8 Å². The Kier molecular flexibility index (Phi) is 3.71. The quantitative estimate of drug-likeness (QED) is 0.821. The van der Waals surface area contributed by atoms with E-state index in [4.69, 9.17) is 5.73 Å². The lowest BCUT2D eigenvalue weighted by Crippen LogP contribution is -2.42. The molecule has 2 rings (SSSR count). The third-order valence-electron chi connectivity index (χ3n) is 3.69. The van der Waals surface area contributed by atoms with Crippen LogP contribution in [0.25, 0.3) is 0 Å². The highest BCUT2D eigenvalue weighted by Crippen LogP contribution is 2.31. The van der Waals surface area contributed by atoms with Crippen molar-refractivity contribution < 1.29 is 8.78 Å². The number of anilines is 2. The molecule has 0 unspecified atom stereocenters. The molecule has 0 saturated carbocycles. The molecule has 100 valence electrons. The Balaban J connectivity index is 2.23. The molecule has 1 aromatic rings. The van der Waals surface area contributed by atoms with E-state index < -0.39 is 11.6 Å². The molecule has 1 heterocycles. The molecule has 0 aliphatic carbocycles. The van der Waals surface area contributed by atoms with Gasteiger partial charge in [0.1, 0.15) is 0 Å². The fraction of sp³-hybridized carbons (Fsp3) is 0.538. The number of halogens is 2. The van der Waals surface area contributed by atoms with E-state index in [9.17, 15) is 8.78 Å². The van der Waals surface area contributed by atoms with Crippen LogP contribution in [0.15, 0.2) is 12.1 Å². The van der Waals surface area contributed by atoms with E-state index in [1.54, 1.807) is 11.9 Å². The van der Waals surface area contributed by atoms with Crippen LogP contribution >= 0.6 is 0 Å². The van der Waals surface area contributed by atoms with Gasteiger partial charge in [0.2, 0.25) is 0 Å². The zero-order chi connectivity index (χ0) is 13.3. The summed E-state index contributed by atoms with van der Waals surface area (Å²) in [7, 11) is 3.84. The van der Waals surface area contributed by atoms with Crippen molar-refractivity contribution in [2.24, 2.45) is 0 Å². The number of piperidine rings is 1. The lowest BCUT2D eigenvalue weighted by molar-refractivity contribution is 0.252. The Morgan fingerprint density at radius 3 is 2.50 bits per heavy atom. The van der Waals surface area contributed by atoms with Gasteiger partial charge in [0.05, 0.1) is 11.4 Å². The van der Waals surface area contributed by atoms with Crippen molar-refractivity contribution in [2.75, 3.05) is 37.8 Å². The number of nitrogens with two attached hydrogens (primary N) is 1. The van der Waals surface area contributed by atoms with Crippen molar-refractivity contribution >= 4 is 11.4 Å². The van der Waals surface area contributed by atoms with Gasteiger partial charge in [-0.15, -0.1) is 0 Å². The van der Waals surface area contributed by atoms with Crippen LogP contribution in [-0.2, 0) is 0 Å². The first-order valence-electron chi connectivity index (χ1n) is 6.15. The number of likely N-dealkylation sites (tertiary alicyclic amines) is 1. The van der Waals surface area contributed by atoms with Gasteiger partial charge < -0.3 is 15.5 Å². The number of hydrogen-bond donors (Lipinski definition) is 1. The maximum absolute atomic E-state index is 13.8. The largest absolute Gasteiger partial charge is 0.397 e. The van der Waals surface area contributed by atoms with Gasteiger partial charge in [-0.2, -0.15) is 0 Å². The summed E-state index contributed by atoms with van der Waals surface area (Å²) in [4.78, 5) is 4.01. The fourth-order valence-electron chi connectivity index (χ4n) is 2.48. The third kappa shape index (κ3) is 2.41. The van der Waals surface area contributed by atoms with E-state index >= 15 is 0 Å². The summed E-state index contributed by atoms with van der Waals surface area (Å²) in [5, 5.41) is 0. The lowest BCUT2D eigenvalue weighted by atomic mass is 10.0. The highest BCUT2D eigenvalue weighted by molar-refractivity contribution is 5.68. The molecule has 1 aliphatic rings. The summed E-state index contributed by atoms with van der Waals surface area (Å²) in [6.45, 7) is 1.93. The standard InChI is InChI=1S/C13H19F2N3/c1-17-7-5-9(6-8-17)18(2)13-11(16)4-3-10(14)12(13)15/h3-4,9H,5-8,16H2,1-2H3. The molecule has 0 radical (unpaired) electrons. The van der Waals surface area contributed by atoms with Crippen LogP contribution in [0.4, 0.5) is 20.2 Å². The van der Waals surface area contributed by atoms with Crippen molar-refractivity contribution in [1.82, 2.24) is 4.90 Å². The van der Waals surface area contributed by atoms with Crippen LogP contribution in [0.2, 0.25) is 0 Å². The van der Waals surface area contributed by atoms with Gasteiger partial charge in [-0.05, 0) is 45.1 Å². The monoisotopic (exact) mass is 255 g/mol. The summed E-state index contributed by atoms with van der Waals surface area (Å²) in [6.07, 6.45) is 1.87. The number of nitrogen functional groups attached to an aromatic ring is 1. The van der Waals surface area contributed by atoms with E-state index in [2.05, 4.69) is 11.9 Å². The normalized spacial score (nSPS) is 18.0. The molecule has 0 spiro atoms. The van der Waals surface area contributed by atoms with Crippen molar-refractivity contribution in [3.8, 4) is 0 Å². The van der Waals surface area contributed by atoms with Crippen LogP contribution in [-0.4, -0.2) is 38.1 Å². The smallest absolute Gasteiger partial charge is 0.184 e. The molecule has 0 aromatic heterocycles. The Bertz CT molecular complexity index is 428. The van der Waals surface area contributed by atoms with Crippen LogP contribution in [0.3, 0.4) is 0 Å². The Labute approximate surface area is 106 Å². The molecular formula is C13H19F2N3. The molecule has 1 saturated heterocycles. The van der Waals surface area contributed by atoms with E-state index in [-0.39, 0.29) is 17.4 Å². The first-order valence-corrected chi connectivity index (χ1v) is 6.15. The zero-order valence-electron chi connectivity index (χ0n) is 10.8. The summed E-state index contributed by atoms with van der Waals surface area (Å²) in [6, 6.07) is 2.69. The van der Waals surface area contributed by atoms with E-state index in [1.165, 1.54) is 6.07 Å². The first-order chi connectivity index (χ1) is 8.50. The van der Waals surface area contributed by atoms with Gasteiger partial charge in [-0.25, -0.2) is 8.78 Å². The molecule has 0 atom stereocenters. The molecule has 1 fully saturated rings. The number of hydrogen-bond acceptors (Lipinski definition) is 3. The van der Waals surface area contributed by atoms with E-state index in [0.717, 1.165) is 32.0 Å². The average molecular weight is 255 g/mol. The molecular weight excluding hydrogens is 236 g/mol. The van der Waals surface area contributed by atoms with Crippen LogP contribution < -0.4 is 10.6 Å². The molecule has 0 bridgehead atoms. The topological polar surface area (TPSA) is 32.5 Å². The second-order valence-corrected chi connectivity index (χ2v) is 4.94. The zero-order valence-corrected chi connectivity index (χ0v) is 10.8. The number of rotatable bonds is 2. The minimum Gasteiger partial charge on any atom is -0.397 e. The maximum Gasteiger partial charge on any atom is 0.184 e. The Morgan fingerprint density at radius 2 is 1.89 bits per heavy atom. The van der Waals surface area contributed by atoms with Crippen molar-refractivity contribution in [1.29, 1.82) is 0 Å². The lowest BCUT2D eigenvalue weighted by Gasteiger charge is -2.37. The maximum atomic E-state index is 13.8. The highest BCUT2D eigenvalue weighted by Gasteiger charge is 2.25. The summed E-state index contributed by atoms with van der Waals surface area (Å²) >= 11 is 0. The van der Waals surface area contributed by atoms with E-state index in [0.29, 0.717) is 0 Å². The molecule has 1 aliphatic heterocycles. The van der Waals surface area contributed by atoms with Crippen molar-refractivity contribution in [2.45, 2.75) is 18.9 Å². The fourth-order valence-corrected chi connectivity index (χ4v) is 2.48. The molecule has 5 heteroatoms. The van der Waals surface area contributed by atoms with Crippen LogP contribution in [0, 0.1) is 11.6 Å². The Hall–Kier alpha value is -1.36. The first kappa shape index (κ1) is 13.1. The SMILES string of the molecule is CN1CCC(N(C)c2c(N)ccc(F)c2F)CC1. The van der Waals surface area contributed by atoms with Gasteiger partial charge in [-0.1, -0.05) is 0 Å². The summed E-state index contributed by atoms with van der Waals surface area (Å²) in [5.74, 6) is -1.70. The van der Waals surface area contributed by atoms with Gasteiger partial charge in [-0.3, -0.25) is 0 Å². The van der Waals surface area contributed by atoms with E-state index in [1.807, 2.05) is 0 Å². The Morgan fingerprint density at radius 1 is 1.28 bits per heavy atom. The molecule has 3 nitrogen and oxygen atoms in total. The van der Waals surface area contributed by atoms with Crippen LogP contribution in [0.5, 0.6) is 0 Å². The highest BCUT2D eigenvalue weighted by atomic mass is 19.2. The molecule has 2 N–H and O–H groups in total. The van der Waals surface area contributed by atoms with Gasteiger partial charge in [0.25, 0.3) is 0 Å². The van der Waals surface area contributed by atoms with Gasteiger partial charge >= 0.3 is 0 Å². The molecule has 18 heavy (non-hydrogen) atoms. The molecule has 0 amide bonds. The van der Waals surface area contributed by atoms with Gasteiger partial charge in [0.15, 0.2) is 11.6 Å². The summed E-state index contributed by atoms with van der Waals surface area (Å²) < 4.78 is 27.1. The average Bonchev–Trinajstić information content (AvgIpc) is 2.35. The second kappa shape index (κ2) is 5.10. The minimum absolute atomic E-state index is 0.185. The van der Waals surface area contributed by atoms with Crippen molar-refractivity contribution in [3.63, 3.8) is 0 Å². The van der Waals surface area contributed by atoms with Gasteiger partial charge in [0, 0.05) is 13.1 Å². The van der Waals surface area contributed by atoms with Crippen molar-refractivity contribution in [3.05, 3.63) is 23.8 Å². The summed E-state index contributed by atoms with van der Waals surface area (Å²) in [5.41, 5.74) is 6.24. The predicted octanol–water partition coefficient (Wildman–Crippen LogP) is 2.08. The minimum atomic E-state index is -0.851. The predicted molar refractivity (Wildman–Crippen MR) is 69.7 cm³/mol. The number of benzene rings is 1. The second-order valence-electron chi connectivity index (χ2n) is 4.94. The third-order valence-corrected chi connectivity index (χ3v) is 3.69. The molecule has 1 aromatic carbocycles.